The van der Waals surface area contributed by atoms with Crippen LogP contribution in [0.4, 0.5) is 30.2 Å². The Morgan fingerprint density at radius 1 is 1.07 bits per heavy atom. The molecule has 1 aliphatic heterocycles. The Morgan fingerprint density at radius 2 is 1.76 bits per heavy atom. The fourth-order valence-electron chi connectivity index (χ4n) is 3.72. The molecule has 0 bridgehead atoms. The molecule has 0 fully saturated rings. The normalized spacial score (nSPS) is 13.3. The van der Waals surface area contributed by atoms with Crippen molar-refractivity contribution in [2.75, 3.05) is 22.8 Å². The van der Waals surface area contributed by atoms with E-state index in [1.54, 1.807) is 60.8 Å². The summed E-state index contributed by atoms with van der Waals surface area (Å²) in [4.78, 5) is 17.2. The number of ether oxygens (including phenoxy) is 2. The lowest BCUT2D eigenvalue weighted by atomic mass is 10.1. The number of rotatable bonds is 8. The van der Waals surface area contributed by atoms with E-state index < -0.39 is 18.2 Å². The van der Waals surface area contributed by atoms with E-state index in [1.807, 2.05) is 13.0 Å². The van der Waals surface area contributed by atoms with E-state index >= 15 is 0 Å². The first-order valence-corrected chi connectivity index (χ1v) is 12.4. The smallest absolute Gasteiger partial charge is 0.497 e. The minimum atomic E-state index is -4.77. The number of nitrogens with zero attached hydrogens (tertiary/aromatic N) is 3. The molecule has 9 nitrogen and oxygen atoms in total. The van der Waals surface area contributed by atoms with Gasteiger partial charge in [-0.2, -0.15) is 5.26 Å². The molecule has 1 aliphatic rings. The van der Waals surface area contributed by atoms with Crippen molar-refractivity contribution in [3.05, 3.63) is 90.3 Å². The summed E-state index contributed by atoms with van der Waals surface area (Å²) < 4.78 is 46.4. The van der Waals surface area contributed by atoms with Crippen molar-refractivity contribution in [2.24, 2.45) is 10.9 Å². The highest BCUT2D eigenvalue weighted by Crippen LogP contribution is 2.26. The molecule has 13 heteroatoms. The van der Waals surface area contributed by atoms with Gasteiger partial charge in [-0.25, -0.2) is 4.99 Å². The predicted octanol–water partition coefficient (Wildman–Crippen LogP) is 5.66. The van der Waals surface area contributed by atoms with Gasteiger partial charge in [0.15, 0.2) is 11.8 Å². The number of hydrogen-bond donors (Lipinski definition) is 3. The molecule has 0 aliphatic carbocycles. The van der Waals surface area contributed by atoms with Gasteiger partial charge in [0.2, 0.25) is 5.91 Å². The highest BCUT2D eigenvalue weighted by atomic mass is 32.1. The van der Waals surface area contributed by atoms with E-state index in [-0.39, 0.29) is 10.7 Å². The molecular weight excluding hydrogens is 557 g/mol. The van der Waals surface area contributed by atoms with E-state index in [0.717, 1.165) is 5.56 Å². The summed E-state index contributed by atoms with van der Waals surface area (Å²) >= 11 is 5.34. The molecule has 0 spiro atoms. The van der Waals surface area contributed by atoms with Crippen LogP contribution in [-0.2, 0) is 4.79 Å². The zero-order valence-electron chi connectivity index (χ0n) is 21.7. The molecule has 1 amide bonds. The number of nitrogens with one attached hydrogen (secondary N) is 3. The number of carbonyl (C=O) groups excluding carboxylic acids is 1. The number of methoxy groups -OCH3 is 1. The monoisotopic (exact) mass is 580 g/mol. The summed E-state index contributed by atoms with van der Waals surface area (Å²) in [5, 5.41) is 16.9. The fourth-order valence-corrected chi connectivity index (χ4v) is 3.99. The van der Waals surface area contributed by atoms with Gasteiger partial charge < -0.3 is 20.1 Å². The Kier molecular flexibility index (Phi) is 8.74. The minimum Gasteiger partial charge on any atom is -0.497 e. The number of halogens is 3. The molecule has 0 saturated heterocycles. The molecule has 3 N–H and O–H groups in total. The predicted molar refractivity (Wildman–Crippen MR) is 153 cm³/mol. The number of benzene rings is 3. The SMILES string of the molecule is COc1ccc(NC(=S)C(C#N)C(=O)Nc2ccc(C3=NC=CN(c4ccc(OC(F)(F)F)cc4)N3)cc2)c(C)c1. The van der Waals surface area contributed by atoms with Crippen LogP contribution in [0.25, 0.3) is 0 Å². The average Bonchev–Trinajstić information content (AvgIpc) is 2.94. The first-order chi connectivity index (χ1) is 19.6. The third kappa shape index (κ3) is 7.52. The quantitative estimate of drug-likeness (QED) is 0.293. The maximum atomic E-state index is 12.8. The van der Waals surface area contributed by atoms with Crippen molar-refractivity contribution in [3.8, 4) is 17.6 Å². The van der Waals surface area contributed by atoms with Crippen LogP contribution >= 0.6 is 12.2 Å². The minimum absolute atomic E-state index is 0.0560. The molecular formula is C28H23F3N6O3S. The first-order valence-electron chi connectivity index (χ1n) is 12.0. The van der Waals surface area contributed by atoms with Crippen LogP contribution in [0.1, 0.15) is 11.1 Å². The zero-order valence-corrected chi connectivity index (χ0v) is 22.5. The molecule has 3 aromatic carbocycles. The lowest BCUT2D eigenvalue weighted by Crippen LogP contribution is -2.40. The Morgan fingerprint density at radius 3 is 2.37 bits per heavy atom. The Balaban J connectivity index is 1.37. The molecule has 1 unspecified atom stereocenters. The molecule has 0 aromatic heterocycles. The van der Waals surface area contributed by atoms with Gasteiger partial charge in [0.05, 0.1) is 18.9 Å². The van der Waals surface area contributed by atoms with Crippen LogP contribution in [0.5, 0.6) is 11.5 Å². The largest absolute Gasteiger partial charge is 0.573 e. The maximum Gasteiger partial charge on any atom is 0.573 e. The number of alkyl halides is 3. The van der Waals surface area contributed by atoms with E-state index in [9.17, 15) is 23.2 Å². The molecule has 1 heterocycles. The lowest BCUT2D eigenvalue weighted by molar-refractivity contribution is -0.274. The van der Waals surface area contributed by atoms with E-state index in [2.05, 4.69) is 25.8 Å². The summed E-state index contributed by atoms with van der Waals surface area (Å²) in [7, 11) is 1.56. The third-order valence-electron chi connectivity index (χ3n) is 5.76. The van der Waals surface area contributed by atoms with Gasteiger partial charge in [-0.15, -0.1) is 13.2 Å². The molecule has 0 radical (unpaired) electrons. The van der Waals surface area contributed by atoms with Crippen LogP contribution in [0.3, 0.4) is 0 Å². The van der Waals surface area contributed by atoms with Crippen molar-refractivity contribution in [1.29, 1.82) is 5.26 Å². The van der Waals surface area contributed by atoms with Gasteiger partial charge in [0.25, 0.3) is 0 Å². The number of anilines is 3. The number of aryl methyl sites for hydroxylation is 1. The molecule has 1 atom stereocenters. The lowest BCUT2D eigenvalue weighted by Gasteiger charge is -2.26. The third-order valence-corrected chi connectivity index (χ3v) is 6.10. The van der Waals surface area contributed by atoms with Crippen molar-refractivity contribution in [3.63, 3.8) is 0 Å². The number of carbonyl (C=O) groups is 1. The Bertz CT molecular complexity index is 1530. The highest BCUT2D eigenvalue weighted by Gasteiger charge is 2.31. The van der Waals surface area contributed by atoms with E-state index in [4.69, 9.17) is 17.0 Å². The van der Waals surface area contributed by atoms with Crippen LogP contribution in [0.15, 0.2) is 84.1 Å². The van der Waals surface area contributed by atoms with Crippen LogP contribution in [0.2, 0.25) is 0 Å². The molecule has 210 valence electrons. The van der Waals surface area contributed by atoms with Crippen LogP contribution < -0.4 is 30.5 Å². The Labute approximate surface area is 238 Å². The van der Waals surface area contributed by atoms with E-state index in [1.165, 1.54) is 30.5 Å². The average molecular weight is 581 g/mol. The van der Waals surface area contributed by atoms with E-state index in [0.29, 0.717) is 34.2 Å². The summed E-state index contributed by atoms with van der Waals surface area (Å²) in [6.45, 7) is 1.85. The summed E-state index contributed by atoms with van der Waals surface area (Å²) in [6, 6.07) is 19.3. The van der Waals surface area contributed by atoms with Crippen molar-refractivity contribution >= 4 is 46.0 Å². The van der Waals surface area contributed by atoms with Crippen molar-refractivity contribution < 1.29 is 27.4 Å². The van der Waals surface area contributed by atoms with Gasteiger partial charge >= 0.3 is 6.36 Å². The number of hydrogen-bond acceptors (Lipinski definition) is 8. The second kappa shape index (κ2) is 12.4. The fraction of sp³-hybridized carbons (Fsp3) is 0.143. The topological polar surface area (TPSA) is 111 Å². The maximum absolute atomic E-state index is 12.8. The van der Waals surface area contributed by atoms with Gasteiger partial charge in [0, 0.05) is 29.3 Å². The van der Waals surface area contributed by atoms with Gasteiger partial charge in [-0.1, -0.05) is 12.2 Å². The molecule has 4 rings (SSSR count). The van der Waals surface area contributed by atoms with Crippen molar-refractivity contribution in [1.82, 2.24) is 5.43 Å². The summed E-state index contributed by atoms with van der Waals surface area (Å²) in [6.07, 6.45) is -1.65. The Hall–Kier alpha value is -5.09. The number of amides is 1. The number of amidine groups is 1. The van der Waals surface area contributed by atoms with Crippen LogP contribution in [-0.4, -0.2) is 30.2 Å². The van der Waals surface area contributed by atoms with Gasteiger partial charge in [-0.3, -0.25) is 15.2 Å². The number of aliphatic imine (C=N–C) groups is 1. The van der Waals surface area contributed by atoms with Crippen LogP contribution in [0, 0.1) is 24.2 Å². The number of nitriles is 1. The summed E-state index contributed by atoms with van der Waals surface area (Å²) in [5.74, 6) is -1.04. The second-order valence-electron chi connectivity index (χ2n) is 8.60. The summed E-state index contributed by atoms with van der Waals surface area (Å²) in [5.41, 5.74) is 6.20. The second-order valence-corrected chi connectivity index (χ2v) is 9.04. The molecule has 0 saturated carbocycles. The van der Waals surface area contributed by atoms with Gasteiger partial charge in [0.1, 0.15) is 16.5 Å². The zero-order chi connectivity index (χ0) is 29.6. The number of hydrazine groups is 1. The first kappa shape index (κ1) is 28.9. The van der Waals surface area contributed by atoms with Gasteiger partial charge in [-0.05, 0) is 79.2 Å². The highest BCUT2D eigenvalue weighted by molar-refractivity contribution is 7.80. The number of thiocarbonyl (C=S) groups is 1. The molecule has 41 heavy (non-hydrogen) atoms. The molecule has 3 aromatic rings. The van der Waals surface area contributed by atoms with Crippen molar-refractivity contribution in [2.45, 2.75) is 13.3 Å². The standard InChI is InChI=1S/C28H23F3N6O3S/c1-17-15-22(39-2)11-12-24(17)35-27(41)23(16-32)26(38)34-19-5-3-18(4-6-19)25-33-13-14-37(36-25)20-7-9-21(10-8-20)40-28(29,30)31/h3-15,23H,1-2H3,(H,33,36)(H,34,38)(H,35,41).